The van der Waals surface area contributed by atoms with Crippen LogP contribution in [0.5, 0.6) is 0 Å². The normalized spacial score (nSPS) is 25.9. The molecule has 1 saturated carbocycles. The van der Waals surface area contributed by atoms with Crippen LogP contribution in [0.15, 0.2) is 15.9 Å². The molecule has 1 N–H and O–H groups in total. The van der Waals surface area contributed by atoms with Crippen LogP contribution < -0.4 is 5.32 Å². The average Bonchev–Trinajstić information content (AvgIpc) is 2.81. The van der Waals surface area contributed by atoms with Crippen molar-refractivity contribution in [3.8, 4) is 0 Å². The number of halogens is 1. The van der Waals surface area contributed by atoms with Gasteiger partial charge in [0.15, 0.2) is 0 Å². The van der Waals surface area contributed by atoms with Gasteiger partial charge < -0.3 is 5.32 Å². The Labute approximate surface area is 135 Å². The summed E-state index contributed by atoms with van der Waals surface area (Å²) >= 11 is 5.48. The summed E-state index contributed by atoms with van der Waals surface area (Å²) < 4.78 is 1.25. The van der Waals surface area contributed by atoms with E-state index in [-0.39, 0.29) is 5.54 Å². The molecular weight excluding hydrogens is 332 g/mol. The van der Waals surface area contributed by atoms with Crippen molar-refractivity contribution in [2.24, 2.45) is 0 Å². The van der Waals surface area contributed by atoms with Crippen molar-refractivity contribution in [2.45, 2.75) is 63.6 Å². The first-order chi connectivity index (χ1) is 9.49. The highest BCUT2D eigenvalue weighted by Crippen LogP contribution is 2.38. The van der Waals surface area contributed by atoms with Crippen molar-refractivity contribution in [1.29, 1.82) is 0 Å². The molecule has 2 aliphatic rings. The molecule has 2 nitrogen and oxygen atoms in total. The van der Waals surface area contributed by atoms with E-state index in [4.69, 9.17) is 0 Å². The van der Waals surface area contributed by atoms with Gasteiger partial charge >= 0.3 is 0 Å². The Hall–Kier alpha value is 0.1000. The first-order valence-electron chi connectivity index (χ1n) is 7.74. The van der Waals surface area contributed by atoms with Crippen LogP contribution in [0.2, 0.25) is 0 Å². The van der Waals surface area contributed by atoms with Gasteiger partial charge in [-0.3, -0.25) is 4.90 Å². The van der Waals surface area contributed by atoms with Crippen LogP contribution in [-0.4, -0.2) is 29.1 Å². The van der Waals surface area contributed by atoms with Crippen LogP contribution >= 0.6 is 27.3 Å². The maximum atomic E-state index is 3.79. The quantitative estimate of drug-likeness (QED) is 0.844. The third kappa shape index (κ3) is 3.13. The van der Waals surface area contributed by atoms with Crippen LogP contribution in [0.3, 0.4) is 0 Å². The van der Waals surface area contributed by atoms with E-state index in [1.165, 1.54) is 40.8 Å². The van der Waals surface area contributed by atoms with Crippen LogP contribution in [0.25, 0.3) is 0 Å². The predicted octanol–water partition coefficient (Wildman–Crippen LogP) is 4.40. The predicted molar refractivity (Wildman–Crippen MR) is 90.3 cm³/mol. The van der Waals surface area contributed by atoms with Crippen molar-refractivity contribution in [2.75, 3.05) is 13.1 Å². The molecule has 1 aromatic rings. The molecule has 0 aromatic carbocycles. The topological polar surface area (TPSA) is 15.3 Å². The monoisotopic (exact) mass is 356 g/mol. The fraction of sp³-hybridized carbons (Fsp3) is 0.750. The molecular formula is C16H25BrN2S. The summed E-state index contributed by atoms with van der Waals surface area (Å²) in [5.74, 6) is 0. The largest absolute Gasteiger partial charge is 0.309 e. The summed E-state index contributed by atoms with van der Waals surface area (Å²) in [6, 6.07) is 4.46. The van der Waals surface area contributed by atoms with Crippen molar-refractivity contribution in [1.82, 2.24) is 10.2 Å². The first-order valence-corrected chi connectivity index (χ1v) is 9.34. The number of hydrogen-bond donors (Lipinski definition) is 1. The zero-order valence-electron chi connectivity index (χ0n) is 12.5. The van der Waals surface area contributed by atoms with Gasteiger partial charge in [0.1, 0.15) is 0 Å². The summed E-state index contributed by atoms with van der Waals surface area (Å²) in [7, 11) is 0. The highest BCUT2D eigenvalue weighted by Gasteiger charge is 2.44. The lowest BCUT2D eigenvalue weighted by molar-refractivity contribution is -0.0154. The third-order valence-corrected chi connectivity index (χ3v) is 6.52. The van der Waals surface area contributed by atoms with E-state index in [2.05, 4.69) is 52.1 Å². The third-order valence-electron chi connectivity index (χ3n) is 4.91. The van der Waals surface area contributed by atoms with E-state index in [0.717, 1.165) is 19.6 Å². The number of nitrogens with one attached hydrogen (secondary N) is 1. The summed E-state index contributed by atoms with van der Waals surface area (Å²) in [5.41, 5.74) is 0.640. The molecule has 3 rings (SSSR count). The molecule has 0 amide bonds. The molecule has 2 fully saturated rings. The number of hydrogen-bond acceptors (Lipinski definition) is 3. The molecule has 1 aromatic heterocycles. The molecule has 112 valence electrons. The second-order valence-corrected chi connectivity index (χ2v) is 9.63. The lowest BCUT2D eigenvalue weighted by atomic mass is 9.77. The smallest absolute Gasteiger partial charge is 0.0701 e. The molecule has 1 saturated heterocycles. The Bertz CT molecular complexity index is 463. The minimum atomic E-state index is 0.233. The second-order valence-electron chi connectivity index (χ2n) is 7.08. The van der Waals surface area contributed by atoms with Gasteiger partial charge in [0.05, 0.1) is 3.79 Å². The molecule has 0 bridgehead atoms. The van der Waals surface area contributed by atoms with Gasteiger partial charge in [0, 0.05) is 35.6 Å². The van der Waals surface area contributed by atoms with Crippen LogP contribution in [-0.2, 0) is 6.54 Å². The minimum absolute atomic E-state index is 0.233. The van der Waals surface area contributed by atoms with Crippen molar-refractivity contribution < 1.29 is 0 Å². The van der Waals surface area contributed by atoms with Crippen molar-refractivity contribution in [3.63, 3.8) is 0 Å². The Morgan fingerprint density at radius 2 is 2.00 bits per heavy atom. The van der Waals surface area contributed by atoms with E-state index < -0.39 is 0 Å². The Morgan fingerprint density at radius 1 is 1.25 bits per heavy atom. The molecule has 2 heterocycles. The molecule has 0 atom stereocenters. The number of thiophene rings is 1. The maximum Gasteiger partial charge on any atom is 0.0701 e. The molecule has 4 heteroatoms. The van der Waals surface area contributed by atoms with Gasteiger partial charge in [-0.2, -0.15) is 0 Å². The summed E-state index contributed by atoms with van der Waals surface area (Å²) in [4.78, 5) is 4.26. The lowest BCUT2D eigenvalue weighted by Gasteiger charge is -2.54. The van der Waals surface area contributed by atoms with Gasteiger partial charge in [0.25, 0.3) is 0 Å². The van der Waals surface area contributed by atoms with Gasteiger partial charge in [-0.15, -0.1) is 11.3 Å². The minimum Gasteiger partial charge on any atom is -0.309 e. The van der Waals surface area contributed by atoms with E-state index in [1.54, 1.807) is 0 Å². The van der Waals surface area contributed by atoms with E-state index in [1.807, 2.05) is 11.3 Å². The van der Waals surface area contributed by atoms with Gasteiger partial charge in [-0.05, 0) is 54.8 Å². The number of rotatable bonds is 2. The zero-order chi connectivity index (χ0) is 14.2. The molecule has 1 aliphatic carbocycles. The fourth-order valence-corrected chi connectivity index (χ4v) is 5.27. The standard InChI is InChI=1S/C16H25BrN2S/c1-15(2)12-19(10-13-6-7-14(17)20-13)16(11-18-15)8-4-3-5-9-16/h6-7,18H,3-5,8-12H2,1-2H3. The van der Waals surface area contributed by atoms with Crippen LogP contribution in [0.1, 0.15) is 50.8 Å². The lowest BCUT2D eigenvalue weighted by Crippen LogP contribution is -2.68. The Kier molecular flexibility index (Phi) is 4.29. The first kappa shape index (κ1) is 15.0. The Morgan fingerprint density at radius 3 is 2.65 bits per heavy atom. The van der Waals surface area contributed by atoms with E-state index in [9.17, 15) is 0 Å². The molecule has 0 unspecified atom stereocenters. The molecule has 20 heavy (non-hydrogen) atoms. The SMILES string of the molecule is CC1(C)CN(Cc2ccc(Br)s2)C2(CCCCC2)CN1. The van der Waals surface area contributed by atoms with E-state index >= 15 is 0 Å². The second kappa shape index (κ2) is 5.71. The van der Waals surface area contributed by atoms with Crippen LogP contribution in [0, 0.1) is 0 Å². The highest BCUT2D eigenvalue weighted by atomic mass is 79.9. The van der Waals surface area contributed by atoms with Crippen molar-refractivity contribution >= 4 is 27.3 Å². The number of piperazine rings is 1. The van der Waals surface area contributed by atoms with Gasteiger partial charge in [-0.1, -0.05) is 19.3 Å². The number of nitrogens with zero attached hydrogens (tertiary/aromatic N) is 1. The average molecular weight is 357 g/mol. The zero-order valence-corrected chi connectivity index (χ0v) is 14.9. The van der Waals surface area contributed by atoms with Gasteiger partial charge in [-0.25, -0.2) is 0 Å². The Balaban J connectivity index is 1.81. The molecule has 0 radical (unpaired) electrons. The summed E-state index contributed by atoms with van der Waals surface area (Å²) in [6.07, 6.45) is 6.94. The van der Waals surface area contributed by atoms with Crippen LogP contribution in [0.4, 0.5) is 0 Å². The van der Waals surface area contributed by atoms with Crippen molar-refractivity contribution in [3.05, 3.63) is 20.8 Å². The summed E-state index contributed by atoms with van der Waals surface area (Å²) in [5, 5.41) is 3.79. The van der Waals surface area contributed by atoms with E-state index in [0.29, 0.717) is 5.54 Å². The maximum absolute atomic E-state index is 3.79. The molecule has 1 spiro atoms. The molecule has 1 aliphatic heterocycles. The van der Waals surface area contributed by atoms with Gasteiger partial charge in [0.2, 0.25) is 0 Å². The fourth-order valence-electron chi connectivity index (χ4n) is 3.77. The summed E-state index contributed by atoms with van der Waals surface area (Å²) in [6.45, 7) is 8.09. The highest BCUT2D eigenvalue weighted by molar-refractivity contribution is 9.11.